The van der Waals surface area contributed by atoms with Crippen LogP contribution < -0.4 is 0 Å². The van der Waals surface area contributed by atoms with Gasteiger partial charge >= 0.3 is 12.4 Å². The van der Waals surface area contributed by atoms with Gasteiger partial charge in [0.25, 0.3) is 0 Å². The Morgan fingerprint density at radius 2 is 0.865 bits per heavy atom. The van der Waals surface area contributed by atoms with Crippen LogP contribution >= 0.6 is 0 Å². The molecule has 0 spiro atoms. The Kier molecular flexibility index (Phi) is 8.23. The predicted octanol–water partition coefficient (Wildman–Crippen LogP) is 8.90. The fourth-order valence-corrected chi connectivity index (χ4v) is 5.50. The lowest BCUT2D eigenvalue weighted by molar-refractivity contribution is -0.138. The van der Waals surface area contributed by atoms with E-state index >= 15 is 0 Å². The molecule has 0 amide bonds. The molecule has 0 aliphatic carbocycles. The molecule has 3 aromatic carbocycles. The first-order valence-electron chi connectivity index (χ1n) is 15.3. The Bertz CT molecular complexity index is 2550. The van der Waals surface area contributed by atoms with E-state index in [0.29, 0.717) is 22.5 Å². The van der Waals surface area contributed by atoms with Gasteiger partial charge < -0.3 is 0 Å². The van der Waals surface area contributed by atoms with Gasteiger partial charge in [-0.25, -0.2) is 9.97 Å². The highest BCUT2D eigenvalue weighted by molar-refractivity contribution is 5.73. The lowest BCUT2D eigenvalue weighted by Crippen LogP contribution is -2.06. The highest BCUT2D eigenvalue weighted by Gasteiger charge is 2.32. The highest BCUT2D eigenvalue weighted by atomic mass is 19.4. The van der Waals surface area contributed by atoms with Gasteiger partial charge in [0.05, 0.1) is 22.3 Å². The average Bonchev–Trinajstić information content (AvgIpc) is 3.70. The molecule has 4 aromatic heterocycles. The van der Waals surface area contributed by atoms with E-state index in [2.05, 4.69) is 33.6 Å². The van der Waals surface area contributed by atoms with Crippen molar-refractivity contribution in [3.8, 4) is 58.3 Å². The maximum atomic E-state index is 13.7. The third kappa shape index (κ3) is 6.29. The summed E-state index contributed by atoms with van der Waals surface area (Å²) in [6.07, 6.45) is -7.47. The van der Waals surface area contributed by atoms with Crippen LogP contribution in [0, 0.1) is 46.3 Å². The van der Waals surface area contributed by atoms with Crippen LogP contribution in [0.15, 0.2) is 109 Å². The van der Waals surface area contributed by atoms with Gasteiger partial charge in [-0.05, 0) is 48.2 Å². The number of benzene rings is 3. The fourth-order valence-electron chi connectivity index (χ4n) is 5.50. The maximum Gasteiger partial charge on any atom is 0.417 e. The molecule has 0 atom stereocenters. The Hall–Kier alpha value is -7.28. The number of nitrogens with zero attached hydrogens (tertiary/aromatic N) is 6. The minimum atomic E-state index is -4.63. The molecule has 7 aromatic rings. The van der Waals surface area contributed by atoms with Crippen molar-refractivity contribution >= 4 is 11.3 Å². The van der Waals surface area contributed by atoms with Crippen molar-refractivity contribution in [2.75, 3.05) is 0 Å². The number of halogens is 6. The number of hydrogen-bond acceptors (Lipinski definition) is 4. The second-order valence-electron chi connectivity index (χ2n) is 11.3. The molecule has 0 aliphatic heterocycles. The molecule has 0 saturated carbocycles. The van der Waals surface area contributed by atoms with Crippen molar-refractivity contribution in [2.45, 2.75) is 12.4 Å². The van der Waals surface area contributed by atoms with E-state index in [-0.39, 0.29) is 44.9 Å². The van der Waals surface area contributed by atoms with E-state index in [1.54, 1.807) is 60.7 Å². The van der Waals surface area contributed by atoms with Crippen molar-refractivity contribution in [3.63, 3.8) is 0 Å². The first-order chi connectivity index (χ1) is 24.9. The van der Waals surface area contributed by atoms with Gasteiger partial charge in [0.15, 0.2) is 0 Å². The lowest BCUT2D eigenvalue weighted by atomic mass is 9.99. The first kappa shape index (κ1) is 33.2. The van der Waals surface area contributed by atoms with Crippen molar-refractivity contribution in [3.05, 3.63) is 154 Å². The summed E-state index contributed by atoms with van der Waals surface area (Å²) in [5.41, 5.74) is 0.854. The fraction of sp³-hybridized carbons (Fsp3) is 0.0500. The zero-order chi connectivity index (χ0) is 36.6. The van der Waals surface area contributed by atoms with E-state index in [4.69, 9.17) is 0 Å². The Balaban J connectivity index is 1.37. The molecule has 0 fully saturated rings. The van der Waals surface area contributed by atoms with Gasteiger partial charge in [-0.15, -0.1) is 0 Å². The maximum absolute atomic E-state index is 13.7. The van der Waals surface area contributed by atoms with E-state index in [0.717, 1.165) is 24.5 Å². The average molecular weight is 697 g/mol. The second kappa shape index (κ2) is 12.9. The van der Waals surface area contributed by atoms with Crippen LogP contribution in [0.5, 0.6) is 0 Å². The molecule has 52 heavy (non-hydrogen) atoms. The van der Waals surface area contributed by atoms with Crippen LogP contribution in [0.4, 0.5) is 26.3 Å². The molecule has 4 heterocycles. The van der Waals surface area contributed by atoms with E-state index in [9.17, 15) is 36.9 Å². The van der Waals surface area contributed by atoms with Crippen LogP contribution in [0.25, 0.3) is 33.8 Å². The van der Waals surface area contributed by atoms with Crippen molar-refractivity contribution in [1.29, 1.82) is 10.5 Å². The molecule has 6 nitrogen and oxygen atoms in total. The lowest BCUT2D eigenvalue weighted by Gasteiger charge is -2.07. The van der Waals surface area contributed by atoms with Crippen molar-refractivity contribution < 1.29 is 26.3 Å². The third-order valence-corrected chi connectivity index (χ3v) is 8.02. The minimum Gasteiger partial charge on any atom is -0.292 e. The zero-order valence-corrected chi connectivity index (χ0v) is 26.3. The largest absolute Gasteiger partial charge is 0.417 e. The molecule has 0 unspecified atom stereocenters. The number of aromatic nitrogens is 4. The Labute approximate surface area is 291 Å². The third-order valence-electron chi connectivity index (χ3n) is 8.02. The molecular weight excluding hydrogens is 678 g/mol. The smallest absolute Gasteiger partial charge is 0.292 e. The van der Waals surface area contributed by atoms with E-state index in [1.807, 2.05) is 12.1 Å². The summed E-state index contributed by atoms with van der Waals surface area (Å²) in [5.74, 6) is 11.4. The van der Waals surface area contributed by atoms with Crippen LogP contribution in [0.3, 0.4) is 0 Å². The van der Waals surface area contributed by atoms with Crippen molar-refractivity contribution in [2.24, 2.45) is 0 Å². The summed E-state index contributed by atoms with van der Waals surface area (Å²) in [6, 6.07) is 28.5. The van der Waals surface area contributed by atoms with Crippen LogP contribution in [-0.4, -0.2) is 18.8 Å². The van der Waals surface area contributed by atoms with Gasteiger partial charge in [-0.2, -0.15) is 36.9 Å². The number of imidazole rings is 2. The molecule has 0 radical (unpaired) electrons. The van der Waals surface area contributed by atoms with Gasteiger partial charge in [0.1, 0.15) is 46.2 Å². The molecule has 0 aliphatic rings. The SMILES string of the molecule is N#Cc1cc(C#Cc2c(-c3ccccc3)nc3ccc(C(F)(F)F)cn23)c(C#N)cc1C#Cc1c(-c2ccccc2)nc2ccc(C(F)(F)F)cn12. The number of hydrogen-bond donors (Lipinski definition) is 0. The summed E-state index contributed by atoms with van der Waals surface area (Å²) in [6.45, 7) is 0. The molecule has 250 valence electrons. The molecular formula is C40H18F6N6. The molecule has 7 rings (SSSR count). The Morgan fingerprint density at radius 3 is 1.21 bits per heavy atom. The summed E-state index contributed by atoms with van der Waals surface area (Å²) >= 11 is 0. The van der Waals surface area contributed by atoms with Gasteiger partial charge in [-0.1, -0.05) is 72.5 Å². The summed E-state index contributed by atoms with van der Waals surface area (Å²) < 4.78 is 84.4. The van der Waals surface area contributed by atoms with Crippen LogP contribution in [0.1, 0.15) is 44.8 Å². The summed E-state index contributed by atoms with van der Waals surface area (Å²) in [5, 5.41) is 20.1. The summed E-state index contributed by atoms with van der Waals surface area (Å²) in [4.78, 5) is 9.03. The minimum absolute atomic E-state index is 0.00245. The Morgan fingerprint density at radius 1 is 0.481 bits per heavy atom. The van der Waals surface area contributed by atoms with Gasteiger partial charge in [0.2, 0.25) is 0 Å². The first-order valence-corrected chi connectivity index (χ1v) is 15.3. The topological polar surface area (TPSA) is 82.2 Å². The predicted molar refractivity (Wildman–Crippen MR) is 179 cm³/mol. The van der Waals surface area contributed by atoms with Gasteiger partial charge in [-0.3, -0.25) is 8.80 Å². The summed E-state index contributed by atoms with van der Waals surface area (Å²) in [7, 11) is 0. The number of pyridine rings is 2. The molecule has 0 bridgehead atoms. The monoisotopic (exact) mass is 696 g/mol. The van der Waals surface area contributed by atoms with E-state index in [1.165, 1.54) is 33.1 Å². The second-order valence-corrected chi connectivity index (χ2v) is 11.3. The van der Waals surface area contributed by atoms with Crippen LogP contribution in [-0.2, 0) is 12.4 Å². The number of fused-ring (bicyclic) bond motifs is 2. The van der Waals surface area contributed by atoms with Crippen LogP contribution in [0.2, 0.25) is 0 Å². The number of rotatable bonds is 2. The molecule has 0 saturated heterocycles. The molecule has 12 heteroatoms. The van der Waals surface area contributed by atoms with E-state index < -0.39 is 23.5 Å². The normalized spacial score (nSPS) is 11.3. The quantitative estimate of drug-likeness (QED) is 0.134. The number of alkyl halides is 6. The standard InChI is InChI=1S/C40H18F6N6/c41-39(42,43)31-13-17-35-49-37(25-7-3-1-4-8-25)33(51(35)23-31)15-11-27-19-30(22-48)28(20-29(27)21-47)12-16-34-38(26-9-5-2-6-10-26)50-36-18-14-32(24-52(34)36)40(44,45)46/h1-10,13-14,17-20,23-24H. The highest BCUT2D eigenvalue weighted by Crippen LogP contribution is 2.33. The zero-order valence-electron chi connectivity index (χ0n) is 26.3. The number of nitriles is 2. The molecule has 0 N–H and O–H groups in total. The van der Waals surface area contributed by atoms with Gasteiger partial charge in [0, 0.05) is 34.6 Å². The van der Waals surface area contributed by atoms with Crippen molar-refractivity contribution in [1.82, 2.24) is 18.8 Å².